The fourth-order valence-corrected chi connectivity index (χ4v) is 2.12. The minimum Gasteiger partial charge on any atom is -0.481 e. The third-order valence-corrected chi connectivity index (χ3v) is 3.29. The second kappa shape index (κ2) is 7.26. The number of carboxylic acids is 1. The van der Waals surface area contributed by atoms with Gasteiger partial charge in [-0.05, 0) is 30.3 Å². The van der Waals surface area contributed by atoms with Gasteiger partial charge in [0, 0.05) is 25.4 Å². The highest BCUT2D eigenvalue weighted by atomic mass is 16.4. The van der Waals surface area contributed by atoms with E-state index in [0.29, 0.717) is 17.1 Å². The zero-order valence-corrected chi connectivity index (χ0v) is 12.7. The van der Waals surface area contributed by atoms with E-state index in [1.54, 1.807) is 49.6 Å². The molecule has 7 nitrogen and oxygen atoms in total. The summed E-state index contributed by atoms with van der Waals surface area (Å²) in [4.78, 5) is 29.0. The summed E-state index contributed by atoms with van der Waals surface area (Å²) >= 11 is 0. The second-order valence-electron chi connectivity index (χ2n) is 4.84. The number of aliphatic carboxylic acids is 1. The molecule has 0 aliphatic carbocycles. The Bertz CT molecular complexity index is 704. The molecule has 0 fully saturated rings. The number of benzene rings is 1. The van der Waals surface area contributed by atoms with Gasteiger partial charge in [-0.25, -0.2) is 4.98 Å². The first-order valence-corrected chi connectivity index (χ1v) is 7.05. The maximum absolute atomic E-state index is 12.7. The molecule has 0 unspecified atom stereocenters. The van der Waals surface area contributed by atoms with Crippen molar-refractivity contribution >= 4 is 29.1 Å². The first-order valence-electron chi connectivity index (χ1n) is 7.05. The number of amides is 1. The van der Waals surface area contributed by atoms with Crippen molar-refractivity contribution < 1.29 is 14.7 Å². The Morgan fingerprint density at radius 2 is 2.09 bits per heavy atom. The van der Waals surface area contributed by atoms with Crippen LogP contribution in [0.25, 0.3) is 0 Å². The topological polar surface area (TPSA) is 109 Å². The molecule has 0 saturated carbocycles. The lowest BCUT2D eigenvalue weighted by Gasteiger charge is -2.21. The zero-order chi connectivity index (χ0) is 16.8. The molecule has 0 radical (unpaired) electrons. The van der Waals surface area contributed by atoms with Crippen LogP contribution in [0.3, 0.4) is 0 Å². The number of anilines is 3. The molecule has 2 rings (SSSR count). The lowest BCUT2D eigenvalue weighted by molar-refractivity contribution is -0.136. The molecular weight excluding hydrogens is 296 g/mol. The van der Waals surface area contributed by atoms with Gasteiger partial charge in [-0.1, -0.05) is 6.07 Å². The highest BCUT2D eigenvalue weighted by molar-refractivity contribution is 6.06. The normalized spacial score (nSPS) is 10.1. The standard InChI is InChI=1S/C16H18N4O3/c1-18-13-6-5-11(10-12(13)17)16(23)20(9-7-15(21)22)14-4-2-3-8-19-14/h2-6,8,10,18H,7,9,17H2,1H3,(H,21,22). The highest BCUT2D eigenvalue weighted by Crippen LogP contribution is 2.22. The van der Waals surface area contributed by atoms with E-state index in [9.17, 15) is 9.59 Å². The molecule has 23 heavy (non-hydrogen) atoms. The van der Waals surface area contributed by atoms with E-state index >= 15 is 0 Å². The van der Waals surface area contributed by atoms with E-state index in [1.165, 1.54) is 4.90 Å². The highest BCUT2D eigenvalue weighted by Gasteiger charge is 2.20. The fraction of sp³-hybridized carbons (Fsp3) is 0.188. The largest absolute Gasteiger partial charge is 0.481 e. The Hall–Kier alpha value is -3.09. The number of nitrogens with zero attached hydrogens (tertiary/aromatic N) is 2. The summed E-state index contributed by atoms with van der Waals surface area (Å²) in [7, 11) is 1.74. The Morgan fingerprint density at radius 1 is 1.30 bits per heavy atom. The summed E-state index contributed by atoms with van der Waals surface area (Å²) in [5.41, 5.74) is 7.42. The maximum atomic E-state index is 12.7. The number of hydrogen-bond acceptors (Lipinski definition) is 5. The van der Waals surface area contributed by atoms with Gasteiger partial charge in [-0.2, -0.15) is 0 Å². The van der Waals surface area contributed by atoms with Crippen LogP contribution in [0.5, 0.6) is 0 Å². The van der Waals surface area contributed by atoms with E-state index in [4.69, 9.17) is 10.8 Å². The lowest BCUT2D eigenvalue weighted by atomic mass is 10.1. The van der Waals surface area contributed by atoms with Crippen molar-refractivity contribution in [2.75, 3.05) is 29.5 Å². The minimum atomic E-state index is -0.983. The maximum Gasteiger partial charge on any atom is 0.305 e. The zero-order valence-electron chi connectivity index (χ0n) is 12.7. The van der Waals surface area contributed by atoms with Crippen LogP contribution in [0.1, 0.15) is 16.8 Å². The number of hydrogen-bond donors (Lipinski definition) is 3. The van der Waals surface area contributed by atoms with Crippen LogP contribution >= 0.6 is 0 Å². The van der Waals surface area contributed by atoms with Gasteiger partial charge in [0.2, 0.25) is 0 Å². The van der Waals surface area contributed by atoms with Crippen LogP contribution in [-0.2, 0) is 4.79 Å². The number of carboxylic acid groups (broad SMARTS) is 1. The molecule has 0 bridgehead atoms. The van der Waals surface area contributed by atoms with Gasteiger partial charge in [-0.3, -0.25) is 14.5 Å². The number of carbonyl (C=O) groups excluding carboxylic acids is 1. The summed E-state index contributed by atoms with van der Waals surface area (Å²) in [6.45, 7) is 0.0267. The van der Waals surface area contributed by atoms with Crippen LogP contribution in [0.15, 0.2) is 42.6 Å². The number of pyridine rings is 1. The molecule has 7 heteroatoms. The van der Waals surface area contributed by atoms with Crippen LogP contribution in [-0.4, -0.2) is 35.6 Å². The summed E-state index contributed by atoms with van der Waals surface area (Å²) in [5.74, 6) is -0.932. The Kier molecular flexibility index (Phi) is 5.14. The molecule has 120 valence electrons. The average Bonchev–Trinajstić information content (AvgIpc) is 2.55. The molecule has 0 saturated heterocycles. The monoisotopic (exact) mass is 314 g/mol. The van der Waals surface area contributed by atoms with E-state index in [-0.39, 0.29) is 18.9 Å². The van der Waals surface area contributed by atoms with Crippen molar-refractivity contribution in [2.45, 2.75) is 6.42 Å². The van der Waals surface area contributed by atoms with Crippen molar-refractivity contribution in [1.29, 1.82) is 0 Å². The molecule has 1 aromatic heterocycles. The van der Waals surface area contributed by atoms with E-state index < -0.39 is 5.97 Å². The molecule has 1 heterocycles. The number of aromatic nitrogens is 1. The summed E-state index contributed by atoms with van der Waals surface area (Å²) < 4.78 is 0. The third-order valence-electron chi connectivity index (χ3n) is 3.29. The van der Waals surface area contributed by atoms with Gasteiger partial charge >= 0.3 is 5.97 Å². The van der Waals surface area contributed by atoms with Gasteiger partial charge < -0.3 is 16.2 Å². The summed E-state index contributed by atoms with van der Waals surface area (Å²) in [6, 6.07) is 10.0. The fourth-order valence-electron chi connectivity index (χ4n) is 2.12. The van der Waals surface area contributed by atoms with Crippen LogP contribution in [0, 0.1) is 0 Å². The van der Waals surface area contributed by atoms with E-state index in [1.807, 2.05) is 0 Å². The first kappa shape index (κ1) is 16.3. The number of nitrogen functional groups attached to an aromatic ring is 1. The molecule has 0 aliphatic heterocycles. The molecule has 0 aliphatic rings. The minimum absolute atomic E-state index is 0.0267. The first-order chi connectivity index (χ1) is 11.0. The van der Waals surface area contributed by atoms with Crippen molar-refractivity contribution in [3.05, 3.63) is 48.2 Å². The molecular formula is C16H18N4O3. The third kappa shape index (κ3) is 3.97. The SMILES string of the molecule is CNc1ccc(C(=O)N(CCC(=O)O)c2ccccn2)cc1N. The quantitative estimate of drug-likeness (QED) is 0.702. The summed E-state index contributed by atoms with van der Waals surface area (Å²) in [6.07, 6.45) is 1.38. The van der Waals surface area contributed by atoms with Crippen molar-refractivity contribution in [3.63, 3.8) is 0 Å². The number of rotatable bonds is 6. The van der Waals surface area contributed by atoms with Crippen molar-refractivity contribution in [1.82, 2.24) is 4.98 Å². The van der Waals surface area contributed by atoms with Crippen LogP contribution in [0.2, 0.25) is 0 Å². The summed E-state index contributed by atoms with van der Waals surface area (Å²) in [5, 5.41) is 11.8. The average molecular weight is 314 g/mol. The predicted octanol–water partition coefficient (Wildman–Crippen LogP) is 1.83. The Balaban J connectivity index is 2.32. The molecule has 1 amide bonds. The molecule has 0 spiro atoms. The van der Waals surface area contributed by atoms with Gasteiger partial charge in [0.25, 0.3) is 5.91 Å². The second-order valence-corrected chi connectivity index (χ2v) is 4.84. The molecule has 1 aromatic carbocycles. The van der Waals surface area contributed by atoms with Crippen molar-refractivity contribution in [2.24, 2.45) is 0 Å². The lowest BCUT2D eigenvalue weighted by Crippen LogP contribution is -2.33. The van der Waals surface area contributed by atoms with Gasteiger partial charge in [0.15, 0.2) is 0 Å². The van der Waals surface area contributed by atoms with Crippen LogP contribution < -0.4 is 16.0 Å². The molecule has 0 atom stereocenters. The van der Waals surface area contributed by atoms with E-state index in [2.05, 4.69) is 10.3 Å². The molecule has 2 aromatic rings. The van der Waals surface area contributed by atoms with Crippen LogP contribution in [0.4, 0.5) is 17.2 Å². The van der Waals surface area contributed by atoms with E-state index in [0.717, 1.165) is 5.69 Å². The number of carbonyl (C=O) groups is 2. The van der Waals surface area contributed by atoms with Crippen molar-refractivity contribution in [3.8, 4) is 0 Å². The smallest absolute Gasteiger partial charge is 0.305 e. The number of nitrogens with one attached hydrogen (secondary N) is 1. The Morgan fingerprint density at radius 3 is 2.65 bits per heavy atom. The number of nitrogens with two attached hydrogens (primary N) is 1. The predicted molar refractivity (Wildman–Crippen MR) is 88.6 cm³/mol. The molecule has 4 N–H and O–H groups in total. The van der Waals surface area contributed by atoms with Gasteiger partial charge in [-0.15, -0.1) is 0 Å². The Labute approximate surface area is 133 Å². The van der Waals surface area contributed by atoms with Gasteiger partial charge in [0.05, 0.1) is 17.8 Å². The van der Waals surface area contributed by atoms with Gasteiger partial charge in [0.1, 0.15) is 5.82 Å².